The first-order chi connectivity index (χ1) is 11.6. The topological polar surface area (TPSA) is 67.4 Å². The molecule has 0 aliphatic rings. The molecule has 0 saturated carbocycles. The van der Waals surface area contributed by atoms with Gasteiger partial charge in [0, 0.05) is 0 Å². The van der Waals surface area contributed by atoms with Gasteiger partial charge in [-0.2, -0.15) is 0 Å². The molecule has 0 aliphatic heterocycles. The van der Waals surface area contributed by atoms with Crippen molar-refractivity contribution >= 4 is 23.4 Å². The van der Waals surface area contributed by atoms with Crippen LogP contribution in [-0.4, -0.2) is 31.0 Å². The first-order valence-electron chi connectivity index (χ1n) is 7.59. The van der Waals surface area contributed by atoms with Gasteiger partial charge < -0.3 is 15.4 Å². The molecule has 24 heavy (non-hydrogen) atoms. The molecule has 6 heteroatoms. The van der Waals surface area contributed by atoms with Gasteiger partial charge in [0.15, 0.2) is 0 Å². The van der Waals surface area contributed by atoms with E-state index in [1.807, 2.05) is 30.3 Å². The number of rotatable bonds is 7. The average Bonchev–Trinajstić information content (AvgIpc) is 2.59. The zero-order valence-corrected chi connectivity index (χ0v) is 14.0. The zero-order valence-electron chi connectivity index (χ0n) is 13.3. The highest BCUT2D eigenvalue weighted by Gasteiger charge is 2.17. The molecule has 0 fully saturated rings. The molecular weight excluding hydrogens is 328 g/mol. The summed E-state index contributed by atoms with van der Waals surface area (Å²) in [6.07, 6.45) is 0. The smallest absolute Gasteiger partial charge is 0.253 e. The second-order valence-electron chi connectivity index (χ2n) is 5.13. The van der Waals surface area contributed by atoms with Crippen LogP contribution in [-0.2, 0) is 4.79 Å². The van der Waals surface area contributed by atoms with E-state index in [1.54, 1.807) is 31.2 Å². The van der Waals surface area contributed by atoms with E-state index in [4.69, 9.17) is 16.3 Å². The van der Waals surface area contributed by atoms with Crippen molar-refractivity contribution in [3.63, 3.8) is 0 Å². The van der Waals surface area contributed by atoms with E-state index < -0.39 is 6.04 Å². The number of carbonyl (C=O) groups excluding carboxylic acids is 2. The fourth-order valence-electron chi connectivity index (χ4n) is 2.00. The van der Waals surface area contributed by atoms with Crippen LogP contribution in [0.15, 0.2) is 54.6 Å². The summed E-state index contributed by atoms with van der Waals surface area (Å²) in [5.74, 6) is 0.0719. The van der Waals surface area contributed by atoms with Crippen LogP contribution < -0.4 is 15.4 Å². The summed E-state index contributed by atoms with van der Waals surface area (Å²) in [5.41, 5.74) is 0.339. The number of halogens is 1. The Labute approximate surface area is 146 Å². The zero-order chi connectivity index (χ0) is 17.4. The van der Waals surface area contributed by atoms with Crippen molar-refractivity contribution in [3.8, 4) is 5.75 Å². The Balaban J connectivity index is 1.74. The largest absolute Gasteiger partial charge is 0.492 e. The lowest BCUT2D eigenvalue weighted by molar-refractivity contribution is -0.122. The summed E-state index contributed by atoms with van der Waals surface area (Å²) in [4.78, 5) is 24.1. The summed E-state index contributed by atoms with van der Waals surface area (Å²) >= 11 is 5.96. The lowest BCUT2D eigenvalue weighted by atomic mass is 10.2. The lowest BCUT2D eigenvalue weighted by Gasteiger charge is -2.15. The second kappa shape index (κ2) is 8.93. The van der Waals surface area contributed by atoms with Crippen molar-refractivity contribution in [2.24, 2.45) is 0 Å². The Morgan fingerprint density at radius 3 is 2.46 bits per heavy atom. The quantitative estimate of drug-likeness (QED) is 0.757. The molecule has 2 rings (SSSR count). The SMILES string of the molecule is CC(NC(=O)c1ccccc1Cl)C(=O)NCCOc1ccccc1. The van der Waals surface area contributed by atoms with E-state index >= 15 is 0 Å². The van der Waals surface area contributed by atoms with Gasteiger partial charge in [0.1, 0.15) is 18.4 Å². The van der Waals surface area contributed by atoms with Gasteiger partial charge in [-0.1, -0.05) is 41.9 Å². The predicted molar refractivity (Wildman–Crippen MR) is 93.3 cm³/mol. The molecule has 2 amide bonds. The molecule has 2 N–H and O–H groups in total. The van der Waals surface area contributed by atoms with Crippen molar-refractivity contribution in [2.45, 2.75) is 13.0 Å². The van der Waals surface area contributed by atoms with E-state index in [-0.39, 0.29) is 11.8 Å². The van der Waals surface area contributed by atoms with E-state index in [1.165, 1.54) is 0 Å². The van der Waals surface area contributed by atoms with E-state index in [2.05, 4.69) is 10.6 Å². The van der Waals surface area contributed by atoms with Gasteiger partial charge >= 0.3 is 0 Å². The third-order valence-corrected chi connectivity index (χ3v) is 3.60. The molecule has 0 spiro atoms. The van der Waals surface area contributed by atoms with Crippen LogP contribution in [0, 0.1) is 0 Å². The number of benzene rings is 2. The summed E-state index contributed by atoms with van der Waals surface area (Å²) < 4.78 is 5.48. The Morgan fingerprint density at radius 1 is 1.08 bits per heavy atom. The molecule has 0 radical (unpaired) electrons. The Morgan fingerprint density at radius 2 is 1.75 bits per heavy atom. The highest BCUT2D eigenvalue weighted by Crippen LogP contribution is 2.14. The maximum Gasteiger partial charge on any atom is 0.253 e. The Kier molecular flexibility index (Phi) is 6.63. The van der Waals surface area contributed by atoms with Gasteiger partial charge in [0.25, 0.3) is 5.91 Å². The van der Waals surface area contributed by atoms with E-state index in [0.717, 1.165) is 5.75 Å². The van der Waals surface area contributed by atoms with Gasteiger partial charge in [-0.3, -0.25) is 9.59 Å². The van der Waals surface area contributed by atoms with Crippen LogP contribution >= 0.6 is 11.6 Å². The first-order valence-corrected chi connectivity index (χ1v) is 7.96. The van der Waals surface area contributed by atoms with Gasteiger partial charge in [0.2, 0.25) is 5.91 Å². The minimum atomic E-state index is -0.675. The molecule has 1 atom stereocenters. The lowest BCUT2D eigenvalue weighted by Crippen LogP contribution is -2.45. The predicted octanol–water partition coefficient (Wildman–Crippen LogP) is 2.65. The normalized spacial score (nSPS) is 11.4. The number of amides is 2. The second-order valence-corrected chi connectivity index (χ2v) is 5.53. The summed E-state index contributed by atoms with van der Waals surface area (Å²) in [6.45, 7) is 2.31. The van der Waals surface area contributed by atoms with Crippen LogP contribution in [0.5, 0.6) is 5.75 Å². The molecule has 0 aliphatic carbocycles. The molecule has 0 saturated heterocycles. The minimum Gasteiger partial charge on any atom is -0.492 e. The number of hydrogen-bond acceptors (Lipinski definition) is 3. The molecule has 1 unspecified atom stereocenters. The number of hydrogen-bond donors (Lipinski definition) is 2. The molecule has 126 valence electrons. The minimum absolute atomic E-state index is 0.285. The van der Waals surface area contributed by atoms with Gasteiger partial charge in [0.05, 0.1) is 17.1 Å². The Hall–Kier alpha value is -2.53. The number of nitrogens with one attached hydrogen (secondary N) is 2. The van der Waals surface area contributed by atoms with Crippen molar-refractivity contribution in [3.05, 3.63) is 65.2 Å². The number of carbonyl (C=O) groups is 2. The van der Waals surface area contributed by atoms with Crippen molar-refractivity contribution in [1.29, 1.82) is 0 Å². The van der Waals surface area contributed by atoms with Gasteiger partial charge in [-0.15, -0.1) is 0 Å². The summed E-state index contributed by atoms with van der Waals surface area (Å²) in [5, 5.41) is 5.68. The molecular formula is C18H19ClN2O3. The highest BCUT2D eigenvalue weighted by atomic mass is 35.5. The van der Waals surface area contributed by atoms with Gasteiger partial charge in [-0.05, 0) is 31.2 Å². The maximum atomic E-state index is 12.1. The molecule has 0 heterocycles. The summed E-state index contributed by atoms with van der Waals surface area (Å²) in [7, 11) is 0. The van der Waals surface area contributed by atoms with Crippen LogP contribution in [0.25, 0.3) is 0 Å². The molecule has 2 aromatic rings. The molecule has 2 aromatic carbocycles. The van der Waals surface area contributed by atoms with Crippen LogP contribution in [0.1, 0.15) is 17.3 Å². The fraction of sp³-hybridized carbons (Fsp3) is 0.222. The molecule has 0 bridgehead atoms. The molecule has 0 aromatic heterocycles. The third-order valence-electron chi connectivity index (χ3n) is 3.27. The standard InChI is InChI=1S/C18H19ClN2O3/c1-13(21-18(23)15-9-5-6-10-16(15)19)17(22)20-11-12-24-14-7-3-2-4-8-14/h2-10,13H,11-12H2,1H3,(H,20,22)(H,21,23). The first kappa shape index (κ1) is 17.8. The van der Waals surface area contributed by atoms with E-state index in [0.29, 0.717) is 23.7 Å². The van der Waals surface area contributed by atoms with Crippen molar-refractivity contribution in [2.75, 3.05) is 13.2 Å². The van der Waals surface area contributed by atoms with Crippen LogP contribution in [0.2, 0.25) is 5.02 Å². The number of para-hydroxylation sites is 1. The average molecular weight is 347 g/mol. The fourth-order valence-corrected chi connectivity index (χ4v) is 2.22. The highest BCUT2D eigenvalue weighted by molar-refractivity contribution is 6.33. The van der Waals surface area contributed by atoms with Gasteiger partial charge in [-0.25, -0.2) is 0 Å². The van der Waals surface area contributed by atoms with Crippen LogP contribution in [0.4, 0.5) is 0 Å². The van der Waals surface area contributed by atoms with Crippen molar-refractivity contribution < 1.29 is 14.3 Å². The number of ether oxygens (including phenoxy) is 1. The Bertz CT molecular complexity index is 692. The third kappa shape index (κ3) is 5.28. The van der Waals surface area contributed by atoms with E-state index in [9.17, 15) is 9.59 Å². The monoisotopic (exact) mass is 346 g/mol. The van der Waals surface area contributed by atoms with Crippen molar-refractivity contribution in [1.82, 2.24) is 10.6 Å². The van der Waals surface area contributed by atoms with Crippen LogP contribution in [0.3, 0.4) is 0 Å². The maximum absolute atomic E-state index is 12.1. The molecule has 5 nitrogen and oxygen atoms in total. The summed E-state index contributed by atoms with van der Waals surface area (Å²) in [6, 6.07) is 15.3.